The molecule has 1 spiro atoms. The van der Waals surface area contributed by atoms with Gasteiger partial charge in [-0.15, -0.1) is 29.8 Å². The van der Waals surface area contributed by atoms with Gasteiger partial charge in [0.1, 0.15) is 22.7 Å². The fourth-order valence-electron chi connectivity index (χ4n) is 11.5. The molecule has 0 aliphatic heterocycles. The minimum atomic E-state index is -0.0757. The van der Waals surface area contributed by atoms with Crippen LogP contribution < -0.4 is 0 Å². The number of rotatable bonds is 6. The predicted molar refractivity (Wildman–Crippen MR) is 271 cm³/mol. The molecule has 0 amide bonds. The minimum Gasteiger partial charge on any atom is -0.507 e. The zero-order valence-electron chi connectivity index (χ0n) is 38.4. The second kappa shape index (κ2) is 17.1. The fourth-order valence-corrected chi connectivity index (χ4v) is 11.5. The predicted octanol–water partition coefficient (Wildman–Crippen LogP) is 16.5. The molecule has 7 aromatic carbocycles. The van der Waals surface area contributed by atoms with Crippen LogP contribution in [0, 0.1) is 11.5 Å². The van der Waals surface area contributed by atoms with Gasteiger partial charge in [-0.25, -0.2) is 4.98 Å². The SMILES string of the molecule is CC(C)(C)c1ccc(-n2c(-c3cc4oc5ccc6cc(C7CCC8(CCCCC8)CC7)ccc6c5c4cc3O)nc3c(-c4[c-]c(-c5ccccn5)ccc4)cccc32)c(-c2ccccc2)c1.[Pt]. The van der Waals surface area contributed by atoms with Crippen molar-refractivity contribution in [3.8, 4) is 56.3 Å². The first kappa shape index (κ1) is 43.3. The van der Waals surface area contributed by atoms with Gasteiger partial charge in [0.25, 0.3) is 0 Å². The normalized spacial score (nSPS) is 15.4. The largest absolute Gasteiger partial charge is 0.507 e. The van der Waals surface area contributed by atoms with Crippen LogP contribution in [0.2, 0.25) is 0 Å². The van der Waals surface area contributed by atoms with Gasteiger partial charge in [-0.3, -0.25) is 9.55 Å². The van der Waals surface area contributed by atoms with Gasteiger partial charge in [-0.05, 0) is 125 Å². The molecule has 0 radical (unpaired) electrons. The maximum atomic E-state index is 12.4. The Morgan fingerprint density at radius 1 is 0.672 bits per heavy atom. The molecule has 67 heavy (non-hydrogen) atoms. The van der Waals surface area contributed by atoms with Gasteiger partial charge >= 0.3 is 0 Å². The Kier molecular flexibility index (Phi) is 11.0. The number of nitrogens with zero attached hydrogens (tertiary/aromatic N) is 3. The second-order valence-electron chi connectivity index (χ2n) is 20.2. The van der Waals surface area contributed by atoms with Crippen LogP contribution in [-0.2, 0) is 26.5 Å². The molecule has 12 rings (SSSR count). The van der Waals surface area contributed by atoms with E-state index in [1.165, 1.54) is 74.3 Å². The molecule has 336 valence electrons. The second-order valence-corrected chi connectivity index (χ2v) is 20.2. The number of imidazole rings is 1. The summed E-state index contributed by atoms with van der Waals surface area (Å²) in [5, 5.41) is 16.7. The van der Waals surface area contributed by atoms with E-state index in [4.69, 9.17) is 9.40 Å². The van der Waals surface area contributed by atoms with E-state index in [0.717, 1.165) is 72.0 Å². The summed E-state index contributed by atoms with van der Waals surface area (Å²) >= 11 is 0. The van der Waals surface area contributed by atoms with Crippen LogP contribution >= 0.6 is 0 Å². The van der Waals surface area contributed by atoms with Crippen LogP contribution in [0.25, 0.3) is 94.3 Å². The first-order valence-corrected chi connectivity index (χ1v) is 24.0. The van der Waals surface area contributed by atoms with E-state index in [0.29, 0.717) is 28.3 Å². The van der Waals surface area contributed by atoms with Crippen molar-refractivity contribution in [3.05, 3.63) is 169 Å². The number of aromatic hydroxyl groups is 1. The van der Waals surface area contributed by atoms with E-state index >= 15 is 0 Å². The van der Waals surface area contributed by atoms with Crippen LogP contribution in [0.4, 0.5) is 0 Å². The summed E-state index contributed by atoms with van der Waals surface area (Å²) < 4.78 is 8.96. The molecule has 2 fully saturated rings. The van der Waals surface area contributed by atoms with Gasteiger partial charge < -0.3 is 9.52 Å². The Hall–Kier alpha value is -6.29. The molecule has 1 N–H and O–H groups in total. The fraction of sp³-hybridized carbons (Fsp3) is 0.246. The van der Waals surface area contributed by atoms with Gasteiger partial charge in [-0.1, -0.05) is 136 Å². The molecule has 2 saturated carbocycles. The Labute approximate surface area is 407 Å². The molecule has 0 unspecified atom stereocenters. The van der Waals surface area contributed by atoms with Gasteiger partial charge in [0, 0.05) is 49.3 Å². The van der Waals surface area contributed by atoms with Crippen LogP contribution in [0.3, 0.4) is 0 Å². The van der Waals surface area contributed by atoms with Crippen molar-refractivity contribution in [1.29, 1.82) is 0 Å². The third kappa shape index (κ3) is 7.70. The number of phenolic OH excluding ortho intramolecular Hbond substituents is 1. The first-order valence-electron chi connectivity index (χ1n) is 24.0. The average molecular weight is 1060 g/mol. The van der Waals surface area contributed by atoms with E-state index in [-0.39, 0.29) is 32.2 Å². The van der Waals surface area contributed by atoms with Crippen LogP contribution in [0.15, 0.2) is 156 Å². The minimum absolute atomic E-state index is 0. The van der Waals surface area contributed by atoms with Crippen molar-refractivity contribution in [2.75, 3.05) is 0 Å². The van der Waals surface area contributed by atoms with Crippen molar-refractivity contribution in [2.45, 2.75) is 89.9 Å². The maximum absolute atomic E-state index is 12.4. The monoisotopic (exact) mass is 1060 g/mol. The smallest absolute Gasteiger partial charge is 0.148 e. The zero-order chi connectivity index (χ0) is 44.6. The Bertz CT molecular complexity index is 3460. The molecule has 0 bridgehead atoms. The summed E-state index contributed by atoms with van der Waals surface area (Å²) in [4.78, 5) is 10.1. The topological polar surface area (TPSA) is 64.1 Å². The summed E-state index contributed by atoms with van der Waals surface area (Å²) in [6.45, 7) is 6.75. The Morgan fingerprint density at radius 2 is 1.46 bits per heavy atom. The molecule has 10 aromatic rings. The molecule has 3 heterocycles. The van der Waals surface area contributed by atoms with Crippen LogP contribution in [0.1, 0.15) is 95.6 Å². The van der Waals surface area contributed by atoms with E-state index in [9.17, 15) is 5.11 Å². The number of hydrogen-bond donors (Lipinski definition) is 1. The maximum Gasteiger partial charge on any atom is 0.148 e. The third-order valence-corrected chi connectivity index (χ3v) is 15.2. The quantitative estimate of drug-likeness (QED) is 0.169. The first-order chi connectivity index (χ1) is 32.2. The van der Waals surface area contributed by atoms with Gasteiger partial charge in [-0.2, -0.15) is 0 Å². The van der Waals surface area contributed by atoms with Crippen LogP contribution in [-0.4, -0.2) is 19.6 Å². The van der Waals surface area contributed by atoms with Crippen molar-refractivity contribution in [1.82, 2.24) is 14.5 Å². The number of benzene rings is 7. The van der Waals surface area contributed by atoms with E-state index in [1.807, 2.05) is 42.6 Å². The summed E-state index contributed by atoms with van der Waals surface area (Å²) in [5.74, 6) is 1.38. The van der Waals surface area contributed by atoms with E-state index in [2.05, 4.69) is 146 Å². The van der Waals surface area contributed by atoms with Crippen molar-refractivity contribution in [3.63, 3.8) is 0 Å². The number of hydrogen-bond acceptors (Lipinski definition) is 4. The van der Waals surface area contributed by atoms with E-state index in [1.54, 1.807) is 0 Å². The molecule has 5 nitrogen and oxygen atoms in total. The summed E-state index contributed by atoms with van der Waals surface area (Å²) in [5.41, 5.74) is 13.8. The molecular formula is C61H54N3O2Pt-. The van der Waals surface area contributed by atoms with Gasteiger partial charge in [0.15, 0.2) is 0 Å². The molecule has 0 saturated heterocycles. The molecule has 0 atom stereocenters. The van der Waals surface area contributed by atoms with Gasteiger partial charge in [0.2, 0.25) is 0 Å². The van der Waals surface area contributed by atoms with Crippen LogP contribution in [0.5, 0.6) is 5.75 Å². The summed E-state index contributed by atoms with van der Waals surface area (Å²) in [7, 11) is 0. The molecule has 3 aromatic heterocycles. The summed E-state index contributed by atoms with van der Waals surface area (Å²) in [6.07, 6.45) is 14.2. The molecular weight excluding hydrogens is 1000 g/mol. The van der Waals surface area contributed by atoms with E-state index < -0.39 is 0 Å². The molecule has 6 heteroatoms. The third-order valence-electron chi connectivity index (χ3n) is 15.2. The standard InChI is InChI=1S/C61H54N3O2.Pt/c1-60(2,3)45-23-25-52(48(36-45)40-14-6-4-7-15-40)64-53-20-13-18-47(42-16-12-17-44(35-42)51-19-8-11-33-62-51)58(53)63-59(64)49-38-56-50(37-54(49)65)57-46-24-21-41(34-43(46)22-26-55(57)66-56)39-27-31-61(32-28-39)29-9-5-10-30-61;/h4,6-8,11-26,33-34,36-39,65H,5,9-10,27-32H2,1-3H3;/q-1;. The zero-order valence-corrected chi connectivity index (χ0v) is 40.7. The number of aromatic nitrogens is 3. The van der Waals surface area contributed by atoms with Gasteiger partial charge in [0.05, 0.1) is 22.3 Å². The molecule has 2 aliphatic rings. The molecule has 2 aliphatic carbocycles. The number of pyridine rings is 1. The average Bonchev–Trinajstić information content (AvgIpc) is 3.92. The summed E-state index contributed by atoms with van der Waals surface area (Å²) in [6, 6.07) is 54.7. The van der Waals surface area contributed by atoms with Crippen molar-refractivity contribution < 1.29 is 30.6 Å². The Morgan fingerprint density at radius 3 is 2.25 bits per heavy atom. The number of phenols is 1. The van der Waals surface area contributed by atoms with Crippen molar-refractivity contribution in [2.24, 2.45) is 5.41 Å². The number of furan rings is 1. The number of fused-ring (bicyclic) bond motifs is 6. The Balaban J connectivity index is 0.00000494. The van der Waals surface area contributed by atoms with Crippen molar-refractivity contribution >= 4 is 43.7 Å². The number of para-hydroxylation sites is 1.